The van der Waals surface area contributed by atoms with Crippen LogP contribution in [0.2, 0.25) is 0 Å². The van der Waals surface area contributed by atoms with E-state index in [1.807, 2.05) is 30.3 Å². The molecule has 0 amide bonds. The summed E-state index contributed by atoms with van der Waals surface area (Å²) in [6, 6.07) is 9.35. The number of hydrogen-bond donors (Lipinski definition) is 0. The lowest BCUT2D eigenvalue weighted by Crippen LogP contribution is -2.12. The SMILES string of the molecule is C[C@H](C#CC(=O)OCc1ccccc1)OC(=O)C=CC1=CCCCC1. The summed E-state index contributed by atoms with van der Waals surface area (Å²) in [4.78, 5) is 23.3. The van der Waals surface area contributed by atoms with Gasteiger partial charge in [0, 0.05) is 12.0 Å². The Morgan fingerprint density at radius 2 is 2.04 bits per heavy atom. The van der Waals surface area contributed by atoms with E-state index in [1.165, 1.54) is 12.5 Å². The molecule has 0 bridgehead atoms. The quantitative estimate of drug-likeness (QED) is 0.355. The van der Waals surface area contributed by atoms with Crippen LogP contribution in [0.5, 0.6) is 0 Å². The van der Waals surface area contributed by atoms with Gasteiger partial charge in [0.1, 0.15) is 6.61 Å². The van der Waals surface area contributed by atoms with Gasteiger partial charge >= 0.3 is 11.9 Å². The highest BCUT2D eigenvalue weighted by molar-refractivity contribution is 5.88. The zero-order chi connectivity index (χ0) is 17.9. The summed E-state index contributed by atoms with van der Waals surface area (Å²) in [6.07, 6.45) is 9.06. The minimum Gasteiger partial charge on any atom is -0.451 e. The van der Waals surface area contributed by atoms with Gasteiger partial charge in [-0.1, -0.05) is 48.1 Å². The molecule has 0 aliphatic heterocycles. The van der Waals surface area contributed by atoms with E-state index in [0.29, 0.717) is 0 Å². The Morgan fingerprint density at radius 3 is 2.76 bits per heavy atom. The molecule has 1 aliphatic rings. The number of carbonyl (C=O) groups excluding carboxylic acids is 2. The van der Waals surface area contributed by atoms with Crippen molar-refractivity contribution in [2.45, 2.75) is 45.3 Å². The first kappa shape index (κ1) is 18.5. The van der Waals surface area contributed by atoms with Gasteiger partial charge in [-0.2, -0.15) is 0 Å². The lowest BCUT2D eigenvalue weighted by molar-refractivity contribution is -0.140. The van der Waals surface area contributed by atoms with Gasteiger partial charge in [-0.05, 0) is 44.1 Å². The average Bonchev–Trinajstić information content (AvgIpc) is 2.65. The molecule has 1 atom stereocenters. The molecule has 0 spiro atoms. The first-order valence-corrected chi connectivity index (χ1v) is 8.43. The van der Waals surface area contributed by atoms with Crippen LogP contribution < -0.4 is 0 Å². The second-order valence-corrected chi connectivity index (χ2v) is 5.77. The third kappa shape index (κ3) is 7.54. The molecule has 4 heteroatoms. The molecule has 2 rings (SSSR count). The maximum Gasteiger partial charge on any atom is 0.384 e. The predicted molar refractivity (Wildman–Crippen MR) is 95.3 cm³/mol. The van der Waals surface area contributed by atoms with Crippen molar-refractivity contribution in [1.82, 2.24) is 0 Å². The molecule has 4 nitrogen and oxygen atoms in total. The van der Waals surface area contributed by atoms with Crippen molar-refractivity contribution in [3.63, 3.8) is 0 Å². The summed E-state index contributed by atoms with van der Waals surface area (Å²) in [5.74, 6) is 3.80. The highest BCUT2D eigenvalue weighted by Crippen LogP contribution is 2.18. The molecule has 0 radical (unpaired) electrons. The van der Waals surface area contributed by atoms with Crippen molar-refractivity contribution in [2.75, 3.05) is 0 Å². The van der Waals surface area contributed by atoms with Gasteiger partial charge in [0.15, 0.2) is 6.10 Å². The van der Waals surface area contributed by atoms with Gasteiger partial charge in [-0.25, -0.2) is 9.59 Å². The molecule has 25 heavy (non-hydrogen) atoms. The van der Waals surface area contributed by atoms with E-state index in [2.05, 4.69) is 17.9 Å². The van der Waals surface area contributed by atoms with Gasteiger partial charge in [0.05, 0.1) is 0 Å². The van der Waals surface area contributed by atoms with Gasteiger partial charge in [-0.3, -0.25) is 0 Å². The van der Waals surface area contributed by atoms with Crippen molar-refractivity contribution in [3.05, 3.63) is 59.7 Å². The highest BCUT2D eigenvalue weighted by atomic mass is 16.5. The molecular weight excluding hydrogens is 316 g/mol. The zero-order valence-electron chi connectivity index (χ0n) is 14.4. The zero-order valence-corrected chi connectivity index (χ0v) is 14.4. The number of allylic oxidation sites excluding steroid dienone is 3. The fourth-order valence-electron chi connectivity index (χ4n) is 2.35. The molecule has 0 N–H and O–H groups in total. The van der Waals surface area contributed by atoms with E-state index in [9.17, 15) is 9.59 Å². The topological polar surface area (TPSA) is 52.6 Å². The smallest absolute Gasteiger partial charge is 0.384 e. The van der Waals surface area contributed by atoms with Crippen LogP contribution in [-0.2, 0) is 25.7 Å². The number of hydrogen-bond acceptors (Lipinski definition) is 4. The minimum absolute atomic E-state index is 0.167. The second-order valence-electron chi connectivity index (χ2n) is 5.77. The molecule has 0 saturated heterocycles. The van der Waals surface area contributed by atoms with Crippen LogP contribution >= 0.6 is 0 Å². The monoisotopic (exact) mass is 338 g/mol. The van der Waals surface area contributed by atoms with Crippen molar-refractivity contribution in [3.8, 4) is 11.8 Å². The van der Waals surface area contributed by atoms with Gasteiger partial charge < -0.3 is 9.47 Å². The van der Waals surface area contributed by atoms with Crippen LogP contribution in [-0.4, -0.2) is 18.0 Å². The number of rotatable bonds is 5. The molecule has 1 aromatic rings. The van der Waals surface area contributed by atoms with Crippen LogP contribution in [0, 0.1) is 11.8 Å². The Bertz CT molecular complexity index is 704. The van der Waals surface area contributed by atoms with Gasteiger partial charge in [0.25, 0.3) is 0 Å². The number of benzene rings is 1. The van der Waals surface area contributed by atoms with E-state index in [0.717, 1.165) is 30.4 Å². The predicted octanol–water partition coefficient (Wildman–Crippen LogP) is 3.72. The normalized spacial score (nSPS) is 14.8. The van der Waals surface area contributed by atoms with Crippen LogP contribution in [0.4, 0.5) is 0 Å². The van der Waals surface area contributed by atoms with E-state index < -0.39 is 18.0 Å². The van der Waals surface area contributed by atoms with Crippen LogP contribution in [0.25, 0.3) is 0 Å². The first-order chi connectivity index (χ1) is 12.1. The van der Waals surface area contributed by atoms with Crippen molar-refractivity contribution in [1.29, 1.82) is 0 Å². The summed E-state index contributed by atoms with van der Waals surface area (Å²) in [6.45, 7) is 1.78. The molecule has 130 valence electrons. The highest BCUT2D eigenvalue weighted by Gasteiger charge is 2.06. The van der Waals surface area contributed by atoms with Crippen LogP contribution in [0.1, 0.15) is 38.2 Å². The summed E-state index contributed by atoms with van der Waals surface area (Å²) in [5.41, 5.74) is 2.05. The number of carbonyl (C=O) groups is 2. The molecule has 0 heterocycles. The number of ether oxygens (including phenoxy) is 2. The lowest BCUT2D eigenvalue weighted by atomic mass is 9.99. The summed E-state index contributed by atoms with van der Waals surface area (Å²) < 4.78 is 10.2. The molecular formula is C21H22O4. The summed E-state index contributed by atoms with van der Waals surface area (Å²) in [7, 11) is 0. The van der Waals surface area contributed by atoms with E-state index >= 15 is 0 Å². The minimum atomic E-state index is -0.679. The molecule has 0 saturated carbocycles. The van der Waals surface area contributed by atoms with Gasteiger partial charge in [-0.15, -0.1) is 0 Å². The maximum atomic E-state index is 11.7. The maximum absolute atomic E-state index is 11.7. The molecule has 0 fully saturated rings. The Morgan fingerprint density at radius 1 is 1.24 bits per heavy atom. The van der Waals surface area contributed by atoms with Crippen molar-refractivity contribution in [2.24, 2.45) is 0 Å². The fraction of sp³-hybridized carbons (Fsp3) is 0.333. The third-order valence-electron chi connectivity index (χ3n) is 3.64. The first-order valence-electron chi connectivity index (χ1n) is 8.43. The van der Waals surface area contributed by atoms with Crippen molar-refractivity contribution >= 4 is 11.9 Å². The van der Waals surface area contributed by atoms with E-state index in [1.54, 1.807) is 13.0 Å². The Balaban J connectivity index is 1.73. The van der Waals surface area contributed by atoms with Gasteiger partial charge in [0.2, 0.25) is 0 Å². The Kier molecular flexibility index (Phi) is 7.52. The largest absolute Gasteiger partial charge is 0.451 e. The Hall–Kier alpha value is -2.80. The van der Waals surface area contributed by atoms with E-state index in [-0.39, 0.29) is 6.61 Å². The standard InChI is InChI=1S/C21H22O4/c1-17(25-21(23)15-13-18-8-4-2-5-9-18)12-14-20(22)24-16-19-10-6-3-7-11-19/h3,6-8,10-11,13,15,17H,2,4-5,9,16H2,1H3/t17-/m1/s1. The average molecular weight is 338 g/mol. The molecule has 1 aromatic carbocycles. The second kappa shape index (κ2) is 10.1. The Labute approximate surface area is 148 Å². The van der Waals surface area contributed by atoms with E-state index in [4.69, 9.17) is 9.47 Å². The summed E-state index contributed by atoms with van der Waals surface area (Å²) >= 11 is 0. The molecule has 0 unspecified atom stereocenters. The molecule has 0 aromatic heterocycles. The van der Waals surface area contributed by atoms with Crippen molar-refractivity contribution < 1.29 is 19.1 Å². The lowest BCUT2D eigenvalue weighted by Gasteiger charge is -2.08. The molecule has 1 aliphatic carbocycles. The number of esters is 2. The van der Waals surface area contributed by atoms with Crippen LogP contribution in [0.3, 0.4) is 0 Å². The van der Waals surface area contributed by atoms with Crippen LogP contribution in [0.15, 0.2) is 54.1 Å². The fourth-order valence-corrected chi connectivity index (χ4v) is 2.35. The summed E-state index contributed by atoms with van der Waals surface area (Å²) in [5, 5.41) is 0. The third-order valence-corrected chi connectivity index (χ3v) is 3.64.